The lowest BCUT2D eigenvalue weighted by Gasteiger charge is -2.37. The van der Waals surface area contributed by atoms with Crippen molar-refractivity contribution in [1.82, 2.24) is 9.21 Å². The molecule has 0 saturated carbocycles. The molecule has 3 atom stereocenters. The summed E-state index contributed by atoms with van der Waals surface area (Å²) in [4.78, 5) is 26.8. The van der Waals surface area contributed by atoms with Gasteiger partial charge in [0.05, 0.1) is 17.4 Å². The number of carbonyl (C=O) groups is 2. The molecule has 8 heteroatoms. The zero-order valence-corrected chi connectivity index (χ0v) is 20.6. The number of rotatable bonds is 5. The largest absolute Gasteiger partial charge is 0.326 e. The number of hydrogen-bond acceptors (Lipinski definition) is 4. The van der Waals surface area contributed by atoms with Crippen molar-refractivity contribution in [3.05, 3.63) is 65.9 Å². The Morgan fingerprint density at radius 1 is 1.00 bits per heavy atom. The number of benzene rings is 2. The van der Waals surface area contributed by atoms with E-state index >= 15 is 0 Å². The molecule has 2 aromatic rings. The minimum absolute atomic E-state index is 0.0372. The van der Waals surface area contributed by atoms with E-state index in [-0.39, 0.29) is 35.2 Å². The second-order valence-corrected chi connectivity index (χ2v) is 11.0. The van der Waals surface area contributed by atoms with Crippen LogP contribution in [0.5, 0.6) is 0 Å². The van der Waals surface area contributed by atoms with Crippen molar-refractivity contribution < 1.29 is 18.0 Å². The second-order valence-electron chi connectivity index (χ2n) is 9.13. The van der Waals surface area contributed by atoms with Gasteiger partial charge in [0.1, 0.15) is 0 Å². The number of carbonyl (C=O) groups excluding carboxylic acids is 2. The van der Waals surface area contributed by atoms with Gasteiger partial charge in [-0.25, -0.2) is 8.42 Å². The number of nitrogens with one attached hydrogen (secondary N) is 1. The highest BCUT2D eigenvalue weighted by Gasteiger charge is 2.35. The van der Waals surface area contributed by atoms with E-state index in [1.54, 1.807) is 39.7 Å². The Bertz CT molecular complexity index is 1200. The van der Waals surface area contributed by atoms with Crippen LogP contribution in [0.4, 0.5) is 5.69 Å². The van der Waals surface area contributed by atoms with Crippen LogP contribution in [0.2, 0.25) is 0 Å². The summed E-state index contributed by atoms with van der Waals surface area (Å²) in [6.07, 6.45) is 6.41. The lowest BCUT2D eigenvalue weighted by atomic mass is 9.93. The Balaban J connectivity index is 1.48. The normalized spacial score (nSPS) is 22.8. The third kappa shape index (κ3) is 4.79. The molecule has 0 radical (unpaired) electrons. The molecule has 2 heterocycles. The number of amides is 2. The van der Waals surface area contributed by atoms with Crippen molar-refractivity contribution in [3.8, 4) is 0 Å². The summed E-state index contributed by atoms with van der Waals surface area (Å²) in [5.74, 6) is -0.394. The highest BCUT2D eigenvalue weighted by molar-refractivity contribution is 7.89. The monoisotopic (exact) mass is 481 g/mol. The maximum absolute atomic E-state index is 13.2. The van der Waals surface area contributed by atoms with E-state index < -0.39 is 16.1 Å². The number of sulfonamides is 1. The smallest absolute Gasteiger partial charge is 0.243 e. The first kappa shape index (κ1) is 24.2. The van der Waals surface area contributed by atoms with Crippen molar-refractivity contribution in [2.45, 2.75) is 69.5 Å². The summed E-state index contributed by atoms with van der Waals surface area (Å²) in [5.41, 5.74) is 2.41. The van der Waals surface area contributed by atoms with Gasteiger partial charge in [0.25, 0.3) is 0 Å². The van der Waals surface area contributed by atoms with Crippen LogP contribution in [0, 0.1) is 0 Å². The van der Waals surface area contributed by atoms with E-state index in [0.29, 0.717) is 5.69 Å². The molecule has 1 N–H and O–H groups in total. The Morgan fingerprint density at radius 2 is 1.65 bits per heavy atom. The molecule has 2 aliphatic heterocycles. The van der Waals surface area contributed by atoms with Crippen LogP contribution in [-0.4, -0.2) is 41.5 Å². The van der Waals surface area contributed by atoms with Gasteiger partial charge in [0.15, 0.2) is 0 Å². The van der Waals surface area contributed by atoms with Gasteiger partial charge in [0, 0.05) is 30.9 Å². The van der Waals surface area contributed by atoms with Gasteiger partial charge in [0.2, 0.25) is 21.8 Å². The lowest BCUT2D eigenvalue weighted by molar-refractivity contribution is -0.129. The summed E-state index contributed by atoms with van der Waals surface area (Å²) in [5, 5.41) is 2.85. The highest BCUT2D eigenvalue weighted by Crippen LogP contribution is 2.33. The fourth-order valence-corrected chi connectivity index (χ4v) is 6.89. The van der Waals surface area contributed by atoms with Gasteiger partial charge < -0.3 is 10.2 Å². The summed E-state index contributed by atoms with van der Waals surface area (Å²) >= 11 is 0. The van der Waals surface area contributed by atoms with Crippen molar-refractivity contribution >= 4 is 33.6 Å². The van der Waals surface area contributed by atoms with Crippen molar-refractivity contribution in [1.29, 1.82) is 0 Å². The standard InChI is InChI=1S/C26H31N3O4S/c1-18-7-6-8-19(2)29(18)34(32,33)23-13-11-22(12-14-23)27-26(31)17-25-24-10-5-4-9-21(24)15-16-28(25)20(3)30/h4-5,9-16,18-19,25H,6-8,17H2,1-3H3,(H,27,31)/t18-,19-,25-/m0/s1. The Kier molecular flexibility index (Phi) is 6.91. The fourth-order valence-electron chi connectivity index (χ4n) is 5.00. The molecule has 0 spiro atoms. The van der Waals surface area contributed by atoms with E-state index in [2.05, 4.69) is 5.32 Å². The Hall–Kier alpha value is -2.97. The number of anilines is 1. The minimum Gasteiger partial charge on any atom is -0.326 e. The first-order valence-electron chi connectivity index (χ1n) is 11.7. The van der Waals surface area contributed by atoms with Gasteiger partial charge in [-0.3, -0.25) is 9.59 Å². The Morgan fingerprint density at radius 3 is 2.29 bits per heavy atom. The molecule has 7 nitrogen and oxygen atoms in total. The second kappa shape index (κ2) is 9.72. The SMILES string of the molecule is CC(=O)N1C=Cc2ccccc2[C@@H]1CC(=O)Nc1ccc(S(=O)(=O)N2[C@@H](C)CCC[C@@H]2C)cc1. The molecule has 180 valence electrons. The minimum atomic E-state index is -3.61. The van der Waals surface area contributed by atoms with Crippen LogP contribution in [0.3, 0.4) is 0 Å². The fraction of sp³-hybridized carbons (Fsp3) is 0.385. The highest BCUT2D eigenvalue weighted by atomic mass is 32.2. The molecule has 2 aromatic carbocycles. The summed E-state index contributed by atoms with van der Waals surface area (Å²) in [7, 11) is -3.61. The number of fused-ring (bicyclic) bond motifs is 1. The van der Waals surface area contributed by atoms with Crippen LogP contribution >= 0.6 is 0 Å². The van der Waals surface area contributed by atoms with Crippen LogP contribution in [0.25, 0.3) is 6.08 Å². The summed E-state index contributed by atoms with van der Waals surface area (Å²) in [6.45, 7) is 5.38. The van der Waals surface area contributed by atoms with E-state index in [1.165, 1.54) is 6.92 Å². The molecule has 1 saturated heterocycles. The van der Waals surface area contributed by atoms with Gasteiger partial charge >= 0.3 is 0 Å². The van der Waals surface area contributed by atoms with Gasteiger partial charge in [-0.2, -0.15) is 4.31 Å². The average Bonchev–Trinajstić information content (AvgIpc) is 2.79. The Labute approximate surface area is 201 Å². The topological polar surface area (TPSA) is 86.8 Å². The third-order valence-electron chi connectivity index (χ3n) is 6.67. The summed E-state index contributed by atoms with van der Waals surface area (Å²) < 4.78 is 28.0. The molecule has 2 amide bonds. The molecule has 1 fully saturated rings. The van der Waals surface area contributed by atoms with Crippen LogP contribution in [0.1, 0.15) is 63.6 Å². The first-order chi connectivity index (χ1) is 16.2. The molecular weight excluding hydrogens is 450 g/mol. The average molecular weight is 482 g/mol. The molecule has 0 aliphatic carbocycles. The zero-order chi connectivity index (χ0) is 24.5. The zero-order valence-electron chi connectivity index (χ0n) is 19.8. The number of nitrogens with zero attached hydrogens (tertiary/aromatic N) is 2. The van der Waals surface area contributed by atoms with Crippen molar-refractivity contribution in [3.63, 3.8) is 0 Å². The molecule has 0 bridgehead atoms. The van der Waals surface area contributed by atoms with E-state index in [4.69, 9.17) is 0 Å². The van der Waals surface area contributed by atoms with Crippen molar-refractivity contribution in [2.24, 2.45) is 0 Å². The quantitative estimate of drug-likeness (QED) is 0.679. The maximum atomic E-state index is 13.2. The predicted octanol–water partition coefficient (Wildman–Crippen LogP) is 4.54. The first-order valence-corrected chi connectivity index (χ1v) is 13.1. The van der Waals surface area contributed by atoms with Gasteiger partial charge in [-0.05, 0) is 68.2 Å². The van der Waals surface area contributed by atoms with E-state index in [0.717, 1.165) is 30.4 Å². The van der Waals surface area contributed by atoms with Gasteiger partial charge in [-0.15, -0.1) is 0 Å². The molecule has 2 aliphatic rings. The number of hydrogen-bond donors (Lipinski definition) is 1. The van der Waals surface area contributed by atoms with E-state index in [1.807, 2.05) is 44.2 Å². The lowest BCUT2D eigenvalue weighted by Crippen LogP contribution is -2.47. The molecule has 34 heavy (non-hydrogen) atoms. The third-order valence-corrected chi connectivity index (χ3v) is 8.82. The molecular formula is C26H31N3O4S. The van der Waals surface area contributed by atoms with Crippen LogP contribution in [-0.2, 0) is 19.6 Å². The predicted molar refractivity (Wildman–Crippen MR) is 132 cm³/mol. The molecule has 0 aromatic heterocycles. The van der Waals surface area contributed by atoms with Crippen LogP contribution < -0.4 is 5.32 Å². The van der Waals surface area contributed by atoms with Crippen LogP contribution in [0.15, 0.2) is 59.6 Å². The molecule has 4 rings (SSSR count). The number of piperidine rings is 1. The van der Waals surface area contributed by atoms with Gasteiger partial charge in [-0.1, -0.05) is 30.7 Å². The van der Waals surface area contributed by atoms with E-state index in [9.17, 15) is 18.0 Å². The molecule has 0 unspecified atom stereocenters. The maximum Gasteiger partial charge on any atom is 0.243 e. The summed E-state index contributed by atoms with van der Waals surface area (Å²) in [6, 6.07) is 13.5. The van der Waals surface area contributed by atoms with Crippen molar-refractivity contribution in [2.75, 3.05) is 5.32 Å².